The normalized spacial score (nSPS) is 16.6. The number of nitrogens with zero attached hydrogens (tertiary/aromatic N) is 2. The molecular weight excluding hydrogens is 384 g/mol. The summed E-state index contributed by atoms with van der Waals surface area (Å²) in [5.74, 6) is -0.160. The van der Waals surface area contributed by atoms with Crippen molar-refractivity contribution in [1.29, 1.82) is 0 Å². The molecule has 0 radical (unpaired) electrons. The number of amides is 1. The largest absolute Gasteiger partial charge is 0.344 e. The zero-order valence-corrected chi connectivity index (χ0v) is 15.3. The first-order chi connectivity index (χ1) is 12.0. The Kier molecular flexibility index (Phi) is 3.95. The Morgan fingerprint density at radius 2 is 2.20 bits per heavy atom. The zero-order chi connectivity index (χ0) is 17.6. The van der Waals surface area contributed by atoms with Crippen LogP contribution in [0.25, 0.3) is 5.65 Å². The minimum Gasteiger partial charge on any atom is -0.344 e. The molecular formula is C18H17BrN4O2. The van der Waals surface area contributed by atoms with Gasteiger partial charge in [0.25, 0.3) is 5.91 Å². The second kappa shape index (κ2) is 6.15. The maximum atomic E-state index is 12.9. The van der Waals surface area contributed by atoms with Gasteiger partial charge in [0.2, 0.25) is 5.56 Å². The molecule has 128 valence electrons. The van der Waals surface area contributed by atoms with Crippen LogP contribution in [0.15, 0.2) is 39.7 Å². The molecule has 1 unspecified atom stereocenters. The summed E-state index contributed by atoms with van der Waals surface area (Å²) in [4.78, 5) is 31.8. The molecule has 0 aliphatic heterocycles. The molecule has 4 rings (SSSR count). The predicted octanol–water partition coefficient (Wildman–Crippen LogP) is 2.90. The number of rotatable bonds is 2. The summed E-state index contributed by atoms with van der Waals surface area (Å²) in [6.07, 6.45) is 4.45. The third-order valence-electron chi connectivity index (χ3n) is 4.61. The van der Waals surface area contributed by atoms with E-state index in [1.165, 1.54) is 6.07 Å². The second-order valence-electron chi connectivity index (χ2n) is 6.30. The maximum Gasteiger partial charge on any atom is 0.270 e. The quantitative estimate of drug-likeness (QED) is 0.693. The third-order valence-corrected chi connectivity index (χ3v) is 5.08. The van der Waals surface area contributed by atoms with E-state index in [4.69, 9.17) is 0 Å². The highest BCUT2D eigenvalue weighted by molar-refractivity contribution is 9.10. The van der Waals surface area contributed by atoms with E-state index in [9.17, 15) is 9.59 Å². The number of fused-ring (bicyclic) bond motifs is 2. The number of halogens is 1. The number of aromatic nitrogens is 3. The molecule has 0 fully saturated rings. The Morgan fingerprint density at radius 1 is 1.36 bits per heavy atom. The van der Waals surface area contributed by atoms with E-state index in [1.54, 1.807) is 4.40 Å². The molecule has 0 spiro atoms. The van der Waals surface area contributed by atoms with Crippen LogP contribution in [0, 0.1) is 6.92 Å². The number of aromatic amines is 1. The van der Waals surface area contributed by atoms with Crippen molar-refractivity contribution >= 4 is 27.5 Å². The number of aryl methyl sites for hydroxylation is 2. The Balaban J connectivity index is 1.69. The van der Waals surface area contributed by atoms with Gasteiger partial charge in [-0.1, -0.05) is 0 Å². The van der Waals surface area contributed by atoms with E-state index in [2.05, 4.69) is 31.2 Å². The van der Waals surface area contributed by atoms with Crippen molar-refractivity contribution in [2.24, 2.45) is 0 Å². The van der Waals surface area contributed by atoms with Crippen LogP contribution in [-0.2, 0) is 6.42 Å². The Bertz CT molecular complexity index is 1040. The monoisotopic (exact) mass is 400 g/mol. The van der Waals surface area contributed by atoms with Gasteiger partial charge in [-0.25, -0.2) is 4.98 Å². The number of imidazole rings is 1. The molecule has 3 heterocycles. The fourth-order valence-electron chi connectivity index (χ4n) is 3.49. The average Bonchev–Trinajstić information content (AvgIpc) is 2.89. The van der Waals surface area contributed by atoms with Gasteiger partial charge in [0.15, 0.2) is 0 Å². The minimum atomic E-state index is -0.160. The molecule has 1 amide bonds. The molecule has 1 aliphatic rings. The number of hydrogen-bond donors (Lipinski definition) is 2. The highest BCUT2D eigenvalue weighted by atomic mass is 79.9. The first-order valence-corrected chi connectivity index (χ1v) is 8.99. The van der Waals surface area contributed by atoms with Gasteiger partial charge in [-0.2, -0.15) is 0 Å². The number of carbonyl (C=O) groups excluding carboxylic acids is 1. The number of nitrogens with one attached hydrogen (secondary N) is 2. The minimum absolute atomic E-state index is 0.104. The van der Waals surface area contributed by atoms with Crippen molar-refractivity contribution in [3.63, 3.8) is 0 Å². The average molecular weight is 401 g/mol. The fraction of sp³-hybridized carbons (Fsp3) is 0.278. The highest BCUT2D eigenvalue weighted by Crippen LogP contribution is 2.28. The highest BCUT2D eigenvalue weighted by Gasteiger charge is 2.25. The number of pyridine rings is 2. The lowest BCUT2D eigenvalue weighted by Gasteiger charge is -2.25. The van der Waals surface area contributed by atoms with Gasteiger partial charge in [0.1, 0.15) is 11.3 Å². The SMILES string of the molecule is Cc1nc2ccc(Br)cn2c1C(=O)NC1CCCc2[nH]c(=O)ccc21. The molecule has 0 bridgehead atoms. The van der Waals surface area contributed by atoms with Crippen LogP contribution in [0.2, 0.25) is 0 Å². The zero-order valence-electron chi connectivity index (χ0n) is 13.7. The van der Waals surface area contributed by atoms with Crippen molar-refractivity contribution in [2.45, 2.75) is 32.2 Å². The molecule has 0 aromatic carbocycles. The molecule has 6 nitrogen and oxygen atoms in total. The van der Waals surface area contributed by atoms with E-state index in [0.29, 0.717) is 11.4 Å². The lowest BCUT2D eigenvalue weighted by Crippen LogP contribution is -2.33. The van der Waals surface area contributed by atoms with Gasteiger partial charge in [-0.3, -0.25) is 14.0 Å². The molecule has 0 saturated heterocycles. The summed E-state index contributed by atoms with van der Waals surface area (Å²) < 4.78 is 2.68. The second-order valence-corrected chi connectivity index (χ2v) is 7.21. The molecule has 3 aromatic heterocycles. The fourth-order valence-corrected chi connectivity index (χ4v) is 3.82. The van der Waals surface area contributed by atoms with Crippen molar-refractivity contribution in [3.05, 3.63) is 67.9 Å². The van der Waals surface area contributed by atoms with Crippen LogP contribution < -0.4 is 10.9 Å². The predicted molar refractivity (Wildman–Crippen MR) is 97.8 cm³/mol. The summed E-state index contributed by atoms with van der Waals surface area (Å²) in [6.45, 7) is 1.84. The van der Waals surface area contributed by atoms with Crippen LogP contribution in [0.1, 0.15) is 46.3 Å². The molecule has 7 heteroatoms. The smallest absolute Gasteiger partial charge is 0.270 e. The lowest BCUT2D eigenvalue weighted by molar-refractivity contribution is 0.0926. The van der Waals surface area contributed by atoms with Gasteiger partial charge in [-0.15, -0.1) is 0 Å². The standard InChI is InChI=1S/C18H17BrN4O2/c1-10-17(23-9-11(19)5-7-15(23)20-10)18(25)22-14-4-2-3-13-12(14)6-8-16(24)21-13/h5-9,14H,2-4H2,1H3,(H,21,24)(H,22,25). The van der Waals surface area contributed by atoms with Crippen LogP contribution in [0.5, 0.6) is 0 Å². The molecule has 1 aliphatic carbocycles. The van der Waals surface area contributed by atoms with E-state index in [0.717, 1.165) is 40.6 Å². The number of carbonyl (C=O) groups is 1. The summed E-state index contributed by atoms with van der Waals surface area (Å²) in [7, 11) is 0. The van der Waals surface area contributed by atoms with E-state index in [1.807, 2.05) is 31.3 Å². The van der Waals surface area contributed by atoms with E-state index < -0.39 is 0 Å². The van der Waals surface area contributed by atoms with Crippen LogP contribution >= 0.6 is 15.9 Å². The van der Waals surface area contributed by atoms with Gasteiger partial charge in [0.05, 0.1) is 11.7 Å². The Hall–Kier alpha value is -2.41. The van der Waals surface area contributed by atoms with Gasteiger partial charge < -0.3 is 10.3 Å². The van der Waals surface area contributed by atoms with Crippen molar-refractivity contribution in [1.82, 2.24) is 19.7 Å². The summed E-state index contributed by atoms with van der Waals surface area (Å²) >= 11 is 3.44. The van der Waals surface area contributed by atoms with Crippen molar-refractivity contribution in [2.75, 3.05) is 0 Å². The van der Waals surface area contributed by atoms with Crippen molar-refractivity contribution < 1.29 is 4.79 Å². The maximum absolute atomic E-state index is 12.9. The van der Waals surface area contributed by atoms with Crippen LogP contribution in [0.4, 0.5) is 0 Å². The summed E-state index contributed by atoms with van der Waals surface area (Å²) in [6, 6.07) is 6.99. The molecule has 3 aromatic rings. The summed E-state index contributed by atoms with van der Waals surface area (Å²) in [5.41, 5.74) is 3.77. The van der Waals surface area contributed by atoms with Crippen LogP contribution in [-0.4, -0.2) is 20.3 Å². The lowest BCUT2D eigenvalue weighted by atomic mass is 9.91. The first kappa shape index (κ1) is 16.1. The van der Waals surface area contributed by atoms with Gasteiger partial charge in [0, 0.05) is 22.4 Å². The van der Waals surface area contributed by atoms with E-state index >= 15 is 0 Å². The first-order valence-electron chi connectivity index (χ1n) is 8.20. The van der Waals surface area contributed by atoms with Gasteiger partial charge in [-0.05, 0) is 65.9 Å². The van der Waals surface area contributed by atoms with E-state index in [-0.39, 0.29) is 17.5 Å². The summed E-state index contributed by atoms with van der Waals surface area (Å²) in [5, 5.41) is 3.11. The Morgan fingerprint density at radius 3 is 3.04 bits per heavy atom. The van der Waals surface area contributed by atoms with Crippen molar-refractivity contribution in [3.8, 4) is 0 Å². The number of H-pyrrole nitrogens is 1. The molecule has 2 N–H and O–H groups in total. The van der Waals surface area contributed by atoms with Crippen LogP contribution in [0.3, 0.4) is 0 Å². The Labute approximate surface area is 152 Å². The molecule has 25 heavy (non-hydrogen) atoms. The molecule has 0 saturated carbocycles. The molecule has 1 atom stereocenters. The number of hydrogen-bond acceptors (Lipinski definition) is 3. The van der Waals surface area contributed by atoms with Gasteiger partial charge >= 0.3 is 0 Å². The third kappa shape index (κ3) is 2.89. The topological polar surface area (TPSA) is 79.3 Å².